The van der Waals surface area contributed by atoms with Gasteiger partial charge < -0.3 is 25.3 Å². The number of aliphatic imine (C=N–C) groups is 1. The van der Waals surface area contributed by atoms with Crippen LogP contribution >= 0.6 is 24.0 Å². The molecule has 1 atom stereocenters. The van der Waals surface area contributed by atoms with Crippen LogP contribution in [0.15, 0.2) is 47.5 Å². The minimum Gasteiger partial charge on any atom is -0.493 e. The summed E-state index contributed by atoms with van der Waals surface area (Å²) in [5.74, 6) is 1.26. The van der Waals surface area contributed by atoms with Gasteiger partial charge >= 0.3 is 6.61 Å². The molecule has 158 valence electrons. The average Bonchev–Trinajstić information content (AvgIpc) is 2.68. The Bertz CT molecular complexity index is 836. The molecule has 29 heavy (non-hydrogen) atoms. The highest BCUT2D eigenvalue weighted by atomic mass is 127. The van der Waals surface area contributed by atoms with E-state index in [2.05, 4.69) is 15.0 Å². The molecule has 0 bridgehead atoms. The minimum absolute atomic E-state index is 0. The molecule has 1 unspecified atom stereocenters. The van der Waals surface area contributed by atoms with E-state index in [1.807, 2.05) is 24.3 Å². The van der Waals surface area contributed by atoms with Crippen LogP contribution in [-0.2, 0) is 6.54 Å². The Morgan fingerprint density at radius 1 is 1.28 bits per heavy atom. The average molecular weight is 519 g/mol. The van der Waals surface area contributed by atoms with Crippen molar-refractivity contribution >= 4 is 29.9 Å². The van der Waals surface area contributed by atoms with Crippen molar-refractivity contribution in [2.24, 2.45) is 10.7 Å². The number of hydrogen-bond donors (Lipinski definition) is 2. The lowest BCUT2D eigenvalue weighted by atomic mass is 10.0. The zero-order valence-electron chi connectivity index (χ0n) is 15.9. The van der Waals surface area contributed by atoms with E-state index in [0.29, 0.717) is 18.8 Å². The number of guanidine groups is 1. The lowest BCUT2D eigenvalue weighted by Gasteiger charge is -2.27. The van der Waals surface area contributed by atoms with Gasteiger partial charge in [0, 0.05) is 17.5 Å². The number of ether oxygens (including phenoxy) is 3. The van der Waals surface area contributed by atoms with Crippen LogP contribution in [0.3, 0.4) is 0 Å². The Kier molecular flexibility index (Phi) is 8.74. The molecule has 0 aromatic heterocycles. The molecule has 0 spiro atoms. The standard InChI is InChI=1S/C20H23F2N3O3.HI/c1-2-26-17-9-5-6-13(18(17)28-19(21)22)12-24-20(23)25-15-10-11-27-16-8-4-3-7-14(15)16;/h3-9,15,19H,2,10-12H2,1H3,(H3,23,24,25);1H. The van der Waals surface area contributed by atoms with E-state index in [-0.39, 0.29) is 54.0 Å². The fraction of sp³-hybridized carbons (Fsp3) is 0.350. The molecule has 1 aliphatic rings. The monoisotopic (exact) mass is 519 g/mol. The van der Waals surface area contributed by atoms with Crippen LogP contribution in [0.1, 0.15) is 30.5 Å². The summed E-state index contributed by atoms with van der Waals surface area (Å²) in [6.07, 6.45) is 0.743. The summed E-state index contributed by atoms with van der Waals surface area (Å²) in [6, 6.07) is 12.6. The Labute approximate surface area is 185 Å². The third-order valence-electron chi connectivity index (χ3n) is 4.27. The summed E-state index contributed by atoms with van der Waals surface area (Å²) in [5.41, 5.74) is 7.50. The van der Waals surface area contributed by atoms with Gasteiger partial charge in [-0.15, -0.1) is 24.0 Å². The fourth-order valence-corrected chi connectivity index (χ4v) is 3.06. The Morgan fingerprint density at radius 2 is 2.07 bits per heavy atom. The van der Waals surface area contributed by atoms with Gasteiger partial charge in [-0.25, -0.2) is 4.99 Å². The molecular formula is C20H24F2IN3O3. The van der Waals surface area contributed by atoms with Crippen molar-refractivity contribution in [3.63, 3.8) is 0 Å². The smallest absolute Gasteiger partial charge is 0.387 e. The number of nitrogens with two attached hydrogens (primary N) is 1. The summed E-state index contributed by atoms with van der Waals surface area (Å²) in [7, 11) is 0. The number of fused-ring (bicyclic) bond motifs is 1. The van der Waals surface area contributed by atoms with Crippen LogP contribution in [0.25, 0.3) is 0 Å². The SMILES string of the molecule is CCOc1cccc(CN=C(N)NC2CCOc3ccccc32)c1OC(F)F.I. The van der Waals surface area contributed by atoms with Gasteiger partial charge in [-0.3, -0.25) is 0 Å². The fourth-order valence-electron chi connectivity index (χ4n) is 3.06. The highest BCUT2D eigenvalue weighted by Crippen LogP contribution is 2.34. The molecule has 0 saturated carbocycles. The number of rotatable bonds is 7. The predicted octanol–water partition coefficient (Wildman–Crippen LogP) is 4.23. The molecule has 9 heteroatoms. The Balaban J connectivity index is 0.00000300. The lowest BCUT2D eigenvalue weighted by Crippen LogP contribution is -2.37. The molecule has 0 amide bonds. The first-order valence-corrected chi connectivity index (χ1v) is 9.06. The van der Waals surface area contributed by atoms with Gasteiger partial charge in [0.2, 0.25) is 0 Å². The number of para-hydroxylation sites is 2. The molecule has 0 radical (unpaired) electrons. The maximum Gasteiger partial charge on any atom is 0.387 e. The van der Waals surface area contributed by atoms with Gasteiger partial charge in [0.05, 0.1) is 25.8 Å². The van der Waals surface area contributed by atoms with E-state index in [0.717, 1.165) is 17.7 Å². The molecule has 3 rings (SSSR count). The van der Waals surface area contributed by atoms with Crippen molar-refractivity contribution in [2.75, 3.05) is 13.2 Å². The molecule has 3 N–H and O–H groups in total. The Hall–Kier alpha value is -2.30. The first-order chi connectivity index (χ1) is 13.6. The van der Waals surface area contributed by atoms with Crippen LogP contribution in [0.2, 0.25) is 0 Å². The molecule has 1 aliphatic heterocycles. The summed E-state index contributed by atoms with van der Waals surface area (Å²) >= 11 is 0. The molecule has 0 aliphatic carbocycles. The number of halogens is 3. The van der Waals surface area contributed by atoms with Gasteiger partial charge in [-0.05, 0) is 19.1 Å². The topological polar surface area (TPSA) is 78.1 Å². The van der Waals surface area contributed by atoms with E-state index < -0.39 is 6.61 Å². The molecule has 1 heterocycles. The Morgan fingerprint density at radius 3 is 2.83 bits per heavy atom. The van der Waals surface area contributed by atoms with Crippen molar-refractivity contribution < 1.29 is 23.0 Å². The van der Waals surface area contributed by atoms with Crippen molar-refractivity contribution in [2.45, 2.75) is 32.5 Å². The van der Waals surface area contributed by atoms with Crippen molar-refractivity contribution in [1.82, 2.24) is 5.32 Å². The second kappa shape index (κ2) is 11.0. The van der Waals surface area contributed by atoms with Gasteiger partial charge in [-0.1, -0.05) is 30.3 Å². The normalized spacial score (nSPS) is 15.7. The van der Waals surface area contributed by atoms with Gasteiger partial charge in [0.15, 0.2) is 17.5 Å². The van der Waals surface area contributed by atoms with E-state index >= 15 is 0 Å². The minimum atomic E-state index is -2.96. The maximum atomic E-state index is 12.8. The number of nitrogens with one attached hydrogen (secondary N) is 1. The van der Waals surface area contributed by atoms with E-state index in [9.17, 15) is 8.78 Å². The third-order valence-corrected chi connectivity index (χ3v) is 4.27. The van der Waals surface area contributed by atoms with Crippen LogP contribution < -0.4 is 25.3 Å². The summed E-state index contributed by atoms with van der Waals surface area (Å²) in [6.45, 7) is -0.208. The number of hydrogen-bond acceptors (Lipinski definition) is 4. The summed E-state index contributed by atoms with van der Waals surface area (Å²) in [4.78, 5) is 4.29. The van der Waals surface area contributed by atoms with Gasteiger partial charge in [0.1, 0.15) is 5.75 Å². The van der Waals surface area contributed by atoms with Crippen molar-refractivity contribution in [1.29, 1.82) is 0 Å². The van der Waals surface area contributed by atoms with Crippen LogP contribution in [-0.4, -0.2) is 25.8 Å². The first-order valence-electron chi connectivity index (χ1n) is 9.06. The van der Waals surface area contributed by atoms with Crippen LogP contribution in [0.5, 0.6) is 17.2 Å². The molecule has 2 aromatic carbocycles. The quantitative estimate of drug-likeness (QED) is 0.325. The number of nitrogens with zero attached hydrogens (tertiary/aromatic N) is 1. The highest BCUT2D eigenvalue weighted by molar-refractivity contribution is 14.0. The van der Waals surface area contributed by atoms with E-state index in [1.165, 1.54) is 0 Å². The summed E-state index contributed by atoms with van der Waals surface area (Å²) in [5, 5.41) is 3.17. The second-order valence-corrected chi connectivity index (χ2v) is 6.13. The first kappa shape index (κ1) is 23.0. The number of benzene rings is 2. The van der Waals surface area contributed by atoms with E-state index in [1.54, 1.807) is 25.1 Å². The summed E-state index contributed by atoms with van der Waals surface area (Å²) < 4.78 is 41.3. The van der Waals surface area contributed by atoms with Crippen molar-refractivity contribution in [3.05, 3.63) is 53.6 Å². The molecule has 2 aromatic rings. The molecular weight excluding hydrogens is 495 g/mol. The molecule has 0 fully saturated rings. The zero-order chi connectivity index (χ0) is 19.9. The van der Waals surface area contributed by atoms with Crippen LogP contribution in [0.4, 0.5) is 8.78 Å². The van der Waals surface area contributed by atoms with Gasteiger partial charge in [0.25, 0.3) is 0 Å². The molecule has 0 saturated heterocycles. The molecule has 6 nitrogen and oxygen atoms in total. The number of alkyl halides is 2. The third kappa shape index (κ3) is 6.09. The highest BCUT2D eigenvalue weighted by Gasteiger charge is 2.21. The second-order valence-electron chi connectivity index (χ2n) is 6.13. The largest absolute Gasteiger partial charge is 0.493 e. The van der Waals surface area contributed by atoms with Crippen molar-refractivity contribution in [3.8, 4) is 17.2 Å². The van der Waals surface area contributed by atoms with E-state index in [4.69, 9.17) is 15.2 Å². The maximum absolute atomic E-state index is 12.8. The predicted molar refractivity (Wildman–Crippen MR) is 117 cm³/mol. The lowest BCUT2D eigenvalue weighted by molar-refractivity contribution is -0.0520. The zero-order valence-corrected chi connectivity index (χ0v) is 18.3. The van der Waals surface area contributed by atoms with Gasteiger partial charge in [-0.2, -0.15) is 8.78 Å². The van der Waals surface area contributed by atoms with Crippen LogP contribution in [0, 0.1) is 0 Å².